The number of carboxylic acid groups (broad SMARTS) is 1. The van der Waals surface area contributed by atoms with Gasteiger partial charge in [-0.2, -0.15) is 0 Å². The van der Waals surface area contributed by atoms with E-state index in [0.717, 1.165) is 0 Å². The van der Waals surface area contributed by atoms with Crippen LogP contribution in [-0.4, -0.2) is 80.6 Å². The number of hydrogen-bond donors (Lipinski definition) is 3. The largest absolute Gasteiger partial charge is 0.497 e. The van der Waals surface area contributed by atoms with E-state index in [1.54, 1.807) is 54.6 Å². The lowest BCUT2D eigenvalue weighted by atomic mass is 9.70. The molecule has 2 fully saturated rings. The smallest absolute Gasteiger partial charge is 0.310 e. The number of fused-ring (bicyclic) bond motifs is 3. The Bertz CT molecular complexity index is 1650. The first-order valence-electron chi connectivity index (χ1n) is 14.9. The van der Waals surface area contributed by atoms with Gasteiger partial charge in [-0.1, -0.05) is 47.6 Å². The monoisotopic (exact) mass is 649 g/mol. The lowest BCUT2D eigenvalue weighted by molar-refractivity contribution is -0.312. The van der Waals surface area contributed by atoms with Gasteiger partial charge in [0.15, 0.2) is 11.2 Å². The van der Waals surface area contributed by atoms with Crippen molar-refractivity contribution in [1.82, 2.24) is 0 Å². The molecule has 0 radical (unpaired) electrons. The highest BCUT2D eigenvalue weighted by molar-refractivity contribution is 5.77. The number of methoxy groups -OCH3 is 3. The number of carbonyl (C=O) groups is 1. The van der Waals surface area contributed by atoms with Crippen LogP contribution in [0.15, 0.2) is 71.8 Å². The molecule has 248 valence electrons. The average Bonchev–Trinajstić information content (AvgIpc) is 3.47. The first kappa shape index (κ1) is 32.4. The molecule has 0 aromatic heterocycles. The first-order chi connectivity index (χ1) is 22.7. The summed E-state index contributed by atoms with van der Waals surface area (Å²) in [4.78, 5) is 15.7. The van der Waals surface area contributed by atoms with Crippen molar-refractivity contribution in [2.75, 3.05) is 34.5 Å². The number of rotatable bonds is 11. The minimum atomic E-state index is -2.31. The summed E-state index contributed by atoms with van der Waals surface area (Å²) in [6, 6.07) is 18.5. The van der Waals surface area contributed by atoms with Crippen LogP contribution in [0.2, 0.25) is 0 Å². The first-order valence-corrected chi connectivity index (χ1v) is 14.9. The number of benzene rings is 3. The fourth-order valence-electron chi connectivity index (χ4n) is 7.10. The molecule has 14 nitrogen and oxygen atoms in total. The van der Waals surface area contributed by atoms with E-state index in [1.165, 1.54) is 33.5 Å². The zero-order chi connectivity index (χ0) is 33.3. The van der Waals surface area contributed by atoms with Crippen LogP contribution in [0.3, 0.4) is 0 Å². The Labute approximate surface area is 269 Å². The van der Waals surface area contributed by atoms with Crippen molar-refractivity contribution in [2.24, 2.45) is 11.0 Å². The van der Waals surface area contributed by atoms with Gasteiger partial charge in [-0.05, 0) is 35.2 Å². The molecule has 0 spiro atoms. The van der Waals surface area contributed by atoms with E-state index in [-0.39, 0.29) is 36.0 Å². The van der Waals surface area contributed by atoms with Gasteiger partial charge in [-0.15, -0.1) is 0 Å². The van der Waals surface area contributed by atoms with Crippen LogP contribution in [-0.2, 0) is 30.2 Å². The molecular formula is C33H35N3O11. The molecule has 14 heteroatoms. The van der Waals surface area contributed by atoms with E-state index in [2.05, 4.69) is 10.0 Å². The molecule has 2 aliphatic heterocycles. The predicted octanol–water partition coefficient (Wildman–Crippen LogP) is 3.83. The Kier molecular flexibility index (Phi) is 8.90. The van der Waals surface area contributed by atoms with Gasteiger partial charge in [-0.3, -0.25) is 4.79 Å². The Hall–Kier alpha value is -4.56. The summed E-state index contributed by atoms with van der Waals surface area (Å²) >= 11 is 0. The summed E-state index contributed by atoms with van der Waals surface area (Å²) in [5.74, 6) is -2.94. The van der Waals surface area contributed by atoms with E-state index in [1.807, 2.05) is 0 Å². The van der Waals surface area contributed by atoms with Crippen LogP contribution in [0.5, 0.6) is 23.0 Å². The third-order valence-corrected chi connectivity index (χ3v) is 9.10. The molecule has 2 heterocycles. The van der Waals surface area contributed by atoms with Crippen LogP contribution in [0.25, 0.3) is 10.4 Å². The molecular weight excluding hydrogens is 614 g/mol. The number of hydrogen-bond acceptors (Lipinski definition) is 11. The number of ether oxygens (including phenoxy) is 7. The Balaban J connectivity index is 1.48. The van der Waals surface area contributed by atoms with Crippen molar-refractivity contribution in [1.29, 1.82) is 0 Å². The number of aliphatic hydroxyl groups is 2. The number of azide groups is 1. The third-order valence-electron chi connectivity index (χ3n) is 9.10. The average molecular weight is 650 g/mol. The highest BCUT2D eigenvalue weighted by Crippen LogP contribution is 2.70. The van der Waals surface area contributed by atoms with Gasteiger partial charge < -0.3 is 48.5 Å². The molecule has 1 aliphatic carbocycles. The maximum absolute atomic E-state index is 12.9. The van der Waals surface area contributed by atoms with Gasteiger partial charge in [0.2, 0.25) is 6.29 Å². The molecule has 3 aromatic rings. The summed E-state index contributed by atoms with van der Waals surface area (Å²) in [5.41, 5.74) is 5.49. The van der Waals surface area contributed by atoms with E-state index < -0.39 is 53.8 Å². The molecule has 1 saturated heterocycles. The molecule has 3 aliphatic rings. The number of carboxylic acids is 1. The summed E-state index contributed by atoms with van der Waals surface area (Å²) in [6.07, 6.45) is -3.85. The number of aliphatic carboxylic acids is 1. The molecule has 3 aromatic carbocycles. The third kappa shape index (κ3) is 5.19. The molecule has 6 rings (SSSR count). The molecule has 0 amide bonds. The predicted molar refractivity (Wildman–Crippen MR) is 163 cm³/mol. The van der Waals surface area contributed by atoms with Gasteiger partial charge in [0.1, 0.15) is 29.1 Å². The Morgan fingerprint density at radius 1 is 1.04 bits per heavy atom. The number of aliphatic hydroxyl groups excluding tert-OH is 1. The highest BCUT2D eigenvalue weighted by atomic mass is 16.8. The maximum atomic E-state index is 12.9. The minimum absolute atomic E-state index is 0.0664. The topological polar surface area (TPSA) is 191 Å². The SMILES string of the molecule is COc1ccc([C@@]23Oc4cc(O[C@@H]5O[C@@H](CCN=[N+]=[N-])CO[C@H]5OC)cc(OC)c4[C@]2(O)[C@H](O)[C@H](C(=O)O)[C@H]3c2ccccc2)cc1. The van der Waals surface area contributed by atoms with E-state index >= 15 is 0 Å². The van der Waals surface area contributed by atoms with Crippen molar-refractivity contribution in [2.45, 2.75) is 48.3 Å². The van der Waals surface area contributed by atoms with E-state index in [0.29, 0.717) is 23.3 Å². The van der Waals surface area contributed by atoms with Gasteiger partial charge in [0.05, 0.1) is 38.4 Å². The maximum Gasteiger partial charge on any atom is 0.310 e. The van der Waals surface area contributed by atoms with Crippen molar-refractivity contribution in [3.05, 3.63) is 93.9 Å². The van der Waals surface area contributed by atoms with Crippen molar-refractivity contribution < 1.29 is 53.3 Å². The fourth-order valence-corrected chi connectivity index (χ4v) is 7.10. The highest BCUT2D eigenvalue weighted by Gasteiger charge is 2.78. The Morgan fingerprint density at radius 3 is 2.43 bits per heavy atom. The molecule has 47 heavy (non-hydrogen) atoms. The minimum Gasteiger partial charge on any atom is -0.497 e. The van der Waals surface area contributed by atoms with Crippen molar-refractivity contribution in [3.8, 4) is 23.0 Å². The zero-order valence-electron chi connectivity index (χ0n) is 25.9. The van der Waals surface area contributed by atoms with Crippen LogP contribution in [0.1, 0.15) is 29.0 Å². The molecule has 3 N–H and O–H groups in total. The normalized spacial score (nSPS) is 30.7. The zero-order valence-corrected chi connectivity index (χ0v) is 25.9. The molecule has 0 bridgehead atoms. The second-order valence-corrected chi connectivity index (χ2v) is 11.5. The van der Waals surface area contributed by atoms with Gasteiger partial charge in [0.25, 0.3) is 6.29 Å². The lowest BCUT2D eigenvalue weighted by Gasteiger charge is -2.40. The van der Waals surface area contributed by atoms with Crippen LogP contribution in [0.4, 0.5) is 0 Å². The summed E-state index contributed by atoms with van der Waals surface area (Å²) in [5, 5.41) is 38.9. The van der Waals surface area contributed by atoms with Crippen LogP contribution < -0.4 is 18.9 Å². The fraction of sp³-hybridized carbons (Fsp3) is 0.424. The van der Waals surface area contributed by atoms with Gasteiger partial charge in [-0.25, -0.2) is 0 Å². The van der Waals surface area contributed by atoms with Gasteiger partial charge in [0, 0.05) is 36.6 Å². The second-order valence-electron chi connectivity index (χ2n) is 11.5. The van der Waals surface area contributed by atoms with Crippen LogP contribution >= 0.6 is 0 Å². The second kappa shape index (κ2) is 12.9. The van der Waals surface area contributed by atoms with Crippen LogP contribution in [0, 0.1) is 5.92 Å². The number of nitrogens with zero attached hydrogens (tertiary/aromatic N) is 3. The van der Waals surface area contributed by atoms with E-state index in [4.69, 9.17) is 38.7 Å². The van der Waals surface area contributed by atoms with E-state index in [9.17, 15) is 20.1 Å². The standard InChI is InChI=1S/C33H35N3O11/c1-41-20-11-9-19(10-12-20)33-26(18-7-5-4-6-8-18)25(29(38)39)28(37)32(33,40)27-23(42-2)15-22(16-24(27)47-33)46-31-30(43-3)44-17-21(45-31)13-14-35-36-34/h4-12,15-16,21,25-26,28,30-31,37,40H,13-14,17H2,1-3H3,(H,38,39)/t21-,25+,26+,28+,30+,31-,32-,33-/m0/s1. The van der Waals surface area contributed by atoms with Gasteiger partial charge >= 0.3 is 5.97 Å². The lowest BCUT2D eigenvalue weighted by Crippen LogP contribution is -2.52. The molecule has 0 unspecified atom stereocenters. The molecule has 8 atom stereocenters. The summed E-state index contributed by atoms with van der Waals surface area (Å²) in [7, 11) is 4.34. The molecule has 1 saturated carbocycles. The summed E-state index contributed by atoms with van der Waals surface area (Å²) < 4.78 is 41.4. The van der Waals surface area contributed by atoms with Crippen molar-refractivity contribution >= 4 is 5.97 Å². The summed E-state index contributed by atoms with van der Waals surface area (Å²) in [6.45, 7) is 0.389. The quantitative estimate of drug-likeness (QED) is 0.155. The van der Waals surface area contributed by atoms with Crippen molar-refractivity contribution in [3.63, 3.8) is 0 Å². The Morgan fingerprint density at radius 2 is 1.79 bits per heavy atom.